The Labute approximate surface area is 75.6 Å². The molecule has 1 aromatic heterocycles. The lowest BCUT2D eigenvalue weighted by Crippen LogP contribution is -2.08. The molecule has 0 bridgehead atoms. The summed E-state index contributed by atoms with van der Waals surface area (Å²) < 4.78 is 4.55. The molecule has 0 saturated heterocycles. The smallest absolute Gasteiger partial charge is 0.341 e. The van der Waals surface area contributed by atoms with E-state index in [4.69, 9.17) is 0 Å². The Morgan fingerprint density at radius 1 is 1.54 bits per heavy atom. The zero-order valence-corrected chi connectivity index (χ0v) is 7.40. The van der Waals surface area contributed by atoms with Gasteiger partial charge in [-0.2, -0.15) is 0 Å². The van der Waals surface area contributed by atoms with Gasteiger partial charge in [0.05, 0.1) is 14.2 Å². The molecule has 1 N–H and O–H groups in total. The van der Waals surface area contributed by atoms with Crippen LogP contribution in [0.5, 0.6) is 0 Å². The number of carbonyl (C=O) groups excluding carboxylic acids is 1. The van der Waals surface area contributed by atoms with E-state index in [1.807, 2.05) is 0 Å². The standard InChI is InChI=1S/C8H10N2O3/c1-12-8(11)6-4-3-5-9-7(6)10-13-2/h3-5H,1-2H3,(H,9,10). The summed E-state index contributed by atoms with van der Waals surface area (Å²) in [5.41, 5.74) is 2.82. The molecule has 5 nitrogen and oxygen atoms in total. The Hall–Kier alpha value is -1.62. The summed E-state index contributed by atoms with van der Waals surface area (Å²) in [5.74, 6) is -0.107. The van der Waals surface area contributed by atoms with Gasteiger partial charge in [-0.1, -0.05) is 0 Å². The quantitative estimate of drug-likeness (QED) is 0.554. The van der Waals surface area contributed by atoms with Crippen LogP contribution in [-0.2, 0) is 9.57 Å². The molecule has 70 valence electrons. The van der Waals surface area contributed by atoms with Crippen LogP contribution in [0.25, 0.3) is 0 Å². The van der Waals surface area contributed by atoms with Crippen molar-refractivity contribution in [2.45, 2.75) is 0 Å². The number of carbonyl (C=O) groups is 1. The number of methoxy groups -OCH3 is 1. The third-order valence-corrected chi connectivity index (χ3v) is 1.41. The van der Waals surface area contributed by atoms with E-state index in [-0.39, 0.29) is 0 Å². The molecule has 5 heteroatoms. The van der Waals surface area contributed by atoms with Crippen molar-refractivity contribution in [3.8, 4) is 0 Å². The molecule has 1 rings (SSSR count). The van der Waals surface area contributed by atoms with Crippen molar-refractivity contribution in [3.05, 3.63) is 23.9 Å². The lowest BCUT2D eigenvalue weighted by Gasteiger charge is -2.06. The summed E-state index contributed by atoms with van der Waals surface area (Å²) in [6.45, 7) is 0. The second kappa shape index (κ2) is 4.42. The van der Waals surface area contributed by atoms with Crippen LogP contribution in [0, 0.1) is 0 Å². The highest BCUT2D eigenvalue weighted by Gasteiger charge is 2.11. The molecule has 0 saturated carbocycles. The second-order valence-electron chi connectivity index (χ2n) is 2.20. The SMILES string of the molecule is CONc1ncccc1C(=O)OC. The van der Waals surface area contributed by atoms with Gasteiger partial charge in [0.1, 0.15) is 5.56 Å². The Morgan fingerprint density at radius 3 is 2.92 bits per heavy atom. The lowest BCUT2D eigenvalue weighted by molar-refractivity contribution is 0.0600. The van der Waals surface area contributed by atoms with Crippen molar-refractivity contribution in [2.75, 3.05) is 19.7 Å². The van der Waals surface area contributed by atoms with E-state index in [0.29, 0.717) is 11.4 Å². The number of nitrogens with one attached hydrogen (secondary N) is 1. The number of aromatic nitrogens is 1. The molecule has 0 aliphatic heterocycles. The number of rotatable bonds is 3. The van der Waals surface area contributed by atoms with E-state index in [0.717, 1.165) is 0 Å². The fourth-order valence-electron chi connectivity index (χ4n) is 0.858. The van der Waals surface area contributed by atoms with Gasteiger partial charge in [-0.15, -0.1) is 0 Å². The number of hydrogen-bond donors (Lipinski definition) is 1. The fraction of sp³-hybridized carbons (Fsp3) is 0.250. The summed E-state index contributed by atoms with van der Waals surface area (Å²) >= 11 is 0. The highest BCUT2D eigenvalue weighted by molar-refractivity contribution is 5.94. The summed E-state index contributed by atoms with van der Waals surface area (Å²) in [6.07, 6.45) is 1.55. The molecule has 0 aliphatic rings. The first-order valence-electron chi connectivity index (χ1n) is 3.62. The monoisotopic (exact) mass is 182 g/mol. The van der Waals surface area contributed by atoms with E-state index in [2.05, 4.69) is 20.0 Å². The molecular formula is C8H10N2O3. The van der Waals surface area contributed by atoms with E-state index < -0.39 is 5.97 Å². The molecule has 0 aliphatic carbocycles. The molecule has 0 spiro atoms. The van der Waals surface area contributed by atoms with Gasteiger partial charge in [-0.25, -0.2) is 15.3 Å². The van der Waals surface area contributed by atoms with Gasteiger partial charge in [-0.3, -0.25) is 4.84 Å². The Balaban J connectivity index is 2.97. The Morgan fingerprint density at radius 2 is 2.31 bits per heavy atom. The molecule has 1 heterocycles. The van der Waals surface area contributed by atoms with Crippen LogP contribution in [0.1, 0.15) is 10.4 Å². The van der Waals surface area contributed by atoms with Gasteiger partial charge in [-0.05, 0) is 12.1 Å². The average molecular weight is 182 g/mol. The van der Waals surface area contributed by atoms with Crippen LogP contribution in [0.4, 0.5) is 5.82 Å². The zero-order chi connectivity index (χ0) is 9.68. The predicted octanol–water partition coefficient (Wildman–Crippen LogP) is 0.841. The normalized spacial score (nSPS) is 9.38. The van der Waals surface area contributed by atoms with Crippen LogP contribution in [0.15, 0.2) is 18.3 Å². The molecule has 1 aromatic rings. The van der Waals surface area contributed by atoms with E-state index >= 15 is 0 Å². The topological polar surface area (TPSA) is 60.5 Å². The number of anilines is 1. The van der Waals surface area contributed by atoms with Gasteiger partial charge < -0.3 is 4.74 Å². The first-order chi connectivity index (χ1) is 6.29. The highest BCUT2D eigenvalue weighted by Crippen LogP contribution is 2.11. The summed E-state index contributed by atoms with van der Waals surface area (Å²) in [5, 5.41) is 0. The van der Waals surface area contributed by atoms with Gasteiger partial charge in [0.2, 0.25) is 0 Å². The van der Waals surface area contributed by atoms with Crippen LogP contribution >= 0.6 is 0 Å². The summed E-state index contributed by atoms with van der Waals surface area (Å²) in [7, 11) is 2.75. The molecule has 0 amide bonds. The third-order valence-electron chi connectivity index (χ3n) is 1.41. The van der Waals surface area contributed by atoms with Crippen molar-refractivity contribution < 1.29 is 14.4 Å². The average Bonchev–Trinajstić information content (AvgIpc) is 2.18. The highest BCUT2D eigenvalue weighted by atomic mass is 16.6. The van der Waals surface area contributed by atoms with E-state index in [1.54, 1.807) is 18.3 Å². The maximum absolute atomic E-state index is 11.2. The van der Waals surface area contributed by atoms with Crippen LogP contribution < -0.4 is 5.48 Å². The number of esters is 1. The molecule has 13 heavy (non-hydrogen) atoms. The Bertz CT molecular complexity index is 301. The van der Waals surface area contributed by atoms with Crippen molar-refractivity contribution >= 4 is 11.8 Å². The van der Waals surface area contributed by atoms with E-state index in [9.17, 15) is 4.79 Å². The summed E-state index contributed by atoms with van der Waals surface area (Å²) in [4.78, 5) is 19.7. The predicted molar refractivity (Wildman–Crippen MR) is 46.2 cm³/mol. The van der Waals surface area contributed by atoms with Crippen molar-refractivity contribution in [1.29, 1.82) is 0 Å². The van der Waals surface area contributed by atoms with Crippen molar-refractivity contribution in [2.24, 2.45) is 0 Å². The largest absolute Gasteiger partial charge is 0.465 e. The van der Waals surface area contributed by atoms with Gasteiger partial charge in [0.25, 0.3) is 0 Å². The van der Waals surface area contributed by atoms with E-state index in [1.165, 1.54) is 14.2 Å². The number of nitrogens with zero attached hydrogens (tertiary/aromatic N) is 1. The van der Waals surface area contributed by atoms with Gasteiger partial charge in [0.15, 0.2) is 5.82 Å². The van der Waals surface area contributed by atoms with Crippen molar-refractivity contribution in [1.82, 2.24) is 4.98 Å². The molecule has 0 unspecified atom stereocenters. The van der Waals surface area contributed by atoms with Crippen LogP contribution in [0.2, 0.25) is 0 Å². The maximum Gasteiger partial charge on any atom is 0.341 e. The second-order valence-corrected chi connectivity index (χ2v) is 2.20. The Kier molecular flexibility index (Phi) is 3.22. The van der Waals surface area contributed by atoms with Gasteiger partial charge >= 0.3 is 5.97 Å². The molecule has 0 aromatic carbocycles. The maximum atomic E-state index is 11.2. The summed E-state index contributed by atoms with van der Waals surface area (Å²) in [6, 6.07) is 3.24. The number of ether oxygens (including phenoxy) is 1. The minimum absolute atomic E-state index is 0.340. The molecule has 0 fully saturated rings. The minimum atomic E-state index is -0.451. The third kappa shape index (κ3) is 2.16. The molecular weight excluding hydrogens is 172 g/mol. The van der Waals surface area contributed by atoms with Gasteiger partial charge in [0, 0.05) is 6.20 Å². The van der Waals surface area contributed by atoms with Crippen LogP contribution in [-0.4, -0.2) is 25.2 Å². The zero-order valence-electron chi connectivity index (χ0n) is 7.40. The molecule has 0 radical (unpaired) electrons. The van der Waals surface area contributed by atoms with Crippen molar-refractivity contribution in [3.63, 3.8) is 0 Å². The number of pyridine rings is 1. The molecule has 0 atom stereocenters. The van der Waals surface area contributed by atoms with Crippen LogP contribution in [0.3, 0.4) is 0 Å². The first-order valence-corrected chi connectivity index (χ1v) is 3.62. The first kappa shape index (κ1) is 9.47. The lowest BCUT2D eigenvalue weighted by atomic mass is 10.2. The minimum Gasteiger partial charge on any atom is -0.465 e. The fourth-order valence-corrected chi connectivity index (χ4v) is 0.858. The number of hydrogen-bond acceptors (Lipinski definition) is 5.